The molecule has 0 saturated heterocycles. The molecule has 0 aromatic carbocycles. The lowest BCUT2D eigenvalue weighted by Gasteiger charge is -2.35. The van der Waals surface area contributed by atoms with E-state index >= 15 is 0 Å². The fourth-order valence-corrected chi connectivity index (χ4v) is 3.57. The highest BCUT2D eigenvalue weighted by atomic mass is 35.5. The zero-order valence-corrected chi connectivity index (χ0v) is 10.9. The molecule has 3 nitrogen and oxygen atoms in total. The van der Waals surface area contributed by atoms with Gasteiger partial charge in [-0.3, -0.25) is 0 Å². The Kier molecular flexibility index (Phi) is 2.95. The van der Waals surface area contributed by atoms with Crippen LogP contribution < -0.4 is 4.90 Å². The zero-order chi connectivity index (χ0) is 11.8. The number of rotatable bonds is 2. The number of fused-ring (bicyclic) bond motifs is 2. The first-order valence-electron chi connectivity index (χ1n) is 6.44. The van der Waals surface area contributed by atoms with Gasteiger partial charge in [0.25, 0.3) is 0 Å². The third kappa shape index (κ3) is 2.25. The van der Waals surface area contributed by atoms with Crippen LogP contribution in [0.3, 0.4) is 0 Å². The number of hydrogen-bond acceptors (Lipinski definition) is 3. The first-order chi connectivity index (χ1) is 8.22. The van der Waals surface area contributed by atoms with Crippen molar-refractivity contribution < 1.29 is 0 Å². The molecule has 4 heteroatoms. The van der Waals surface area contributed by atoms with Crippen molar-refractivity contribution in [1.82, 2.24) is 10.2 Å². The molecule has 2 bridgehead atoms. The standard InChI is InChI=1S/C13H18ClN3/c1-17(13-5-4-12(14)15-16-13)11-7-9-2-3-10(6-9)8-11/h4-5,9-11H,2-3,6-8H2,1H3/t9-,10+,11+. The Morgan fingerprint density at radius 3 is 2.41 bits per heavy atom. The summed E-state index contributed by atoms with van der Waals surface area (Å²) in [7, 11) is 2.13. The predicted molar refractivity (Wildman–Crippen MR) is 69.3 cm³/mol. The van der Waals surface area contributed by atoms with E-state index in [1.54, 1.807) is 0 Å². The smallest absolute Gasteiger partial charge is 0.151 e. The molecule has 0 aliphatic heterocycles. The van der Waals surface area contributed by atoms with Gasteiger partial charge in [-0.15, -0.1) is 10.2 Å². The van der Waals surface area contributed by atoms with Crippen LogP contribution in [0.5, 0.6) is 0 Å². The largest absolute Gasteiger partial charge is 0.355 e. The van der Waals surface area contributed by atoms with Crippen LogP contribution in [-0.4, -0.2) is 23.3 Å². The van der Waals surface area contributed by atoms with Crippen LogP contribution in [0.25, 0.3) is 0 Å². The predicted octanol–water partition coefficient (Wildman–Crippen LogP) is 3.14. The molecule has 2 saturated carbocycles. The molecule has 0 unspecified atom stereocenters. The van der Waals surface area contributed by atoms with Gasteiger partial charge in [-0.25, -0.2) is 0 Å². The van der Waals surface area contributed by atoms with Gasteiger partial charge in [0.05, 0.1) is 0 Å². The summed E-state index contributed by atoms with van der Waals surface area (Å²) >= 11 is 5.77. The summed E-state index contributed by atoms with van der Waals surface area (Å²) in [4.78, 5) is 2.29. The average Bonchev–Trinajstić information content (AvgIpc) is 2.68. The van der Waals surface area contributed by atoms with Gasteiger partial charge in [-0.1, -0.05) is 24.4 Å². The van der Waals surface area contributed by atoms with Crippen LogP contribution in [0, 0.1) is 11.8 Å². The van der Waals surface area contributed by atoms with Gasteiger partial charge in [-0.2, -0.15) is 0 Å². The summed E-state index contributed by atoms with van der Waals surface area (Å²) in [6.45, 7) is 0. The first kappa shape index (κ1) is 11.3. The van der Waals surface area contributed by atoms with Crippen molar-refractivity contribution in [2.45, 2.75) is 38.1 Å². The van der Waals surface area contributed by atoms with Crippen molar-refractivity contribution in [3.63, 3.8) is 0 Å². The highest BCUT2D eigenvalue weighted by Crippen LogP contribution is 2.43. The van der Waals surface area contributed by atoms with Gasteiger partial charge in [-0.05, 0) is 43.2 Å². The van der Waals surface area contributed by atoms with Crippen molar-refractivity contribution in [3.8, 4) is 0 Å². The number of halogens is 1. The quantitative estimate of drug-likeness (QED) is 0.809. The van der Waals surface area contributed by atoms with E-state index < -0.39 is 0 Å². The maximum atomic E-state index is 5.77. The summed E-state index contributed by atoms with van der Waals surface area (Å²) < 4.78 is 0. The van der Waals surface area contributed by atoms with Gasteiger partial charge in [0, 0.05) is 13.1 Å². The van der Waals surface area contributed by atoms with Crippen molar-refractivity contribution in [3.05, 3.63) is 17.3 Å². The van der Waals surface area contributed by atoms with Crippen LogP contribution in [0.15, 0.2) is 12.1 Å². The van der Waals surface area contributed by atoms with E-state index in [1.165, 1.54) is 32.1 Å². The van der Waals surface area contributed by atoms with E-state index in [1.807, 2.05) is 12.1 Å². The molecule has 92 valence electrons. The molecule has 1 heterocycles. The second-order valence-corrected chi connectivity index (χ2v) is 5.88. The Labute approximate surface area is 107 Å². The minimum atomic E-state index is 0.464. The Morgan fingerprint density at radius 2 is 1.82 bits per heavy atom. The molecule has 3 atom stereocenters. The minimum absolute atomic E-state index is 0.464. The van der Waals surface area contributed by atoms with Gasteiger partial charge in [0.2, 0.25) is 0 Å². The van der Waals surface area contributed by atoms with Crippen LogP contribution in [0.4, 0.5) is 5.82 Å². The first-order valence-corrected chi connectivity index (χ1v) is 6.82. The van der Waals surface area contributed by atoms with E-state index in [0.29, 0.717) is 11.2 Å². The molecular weight excluding hydrogens is 234 g/mol. The molecule has 0 amide bonds. The Balaban J connectivity index is 1.73. The highest BCUT2D eigenvalue weighted by molar-refractivity contribution is 6.29. The average molecular weight is 252 g/mol. The van der Waals surface area contributed by atoms with Crippen LogP contribution in [0.2, 0.25) is 5.15 Å². The third-order valence-corrected chi connectivity index (χ3v) is 4.59. The molecule has 1 aromatic heterocycles. The fourth-order valence-electron chi connectivity index (χ4n) is 3.47. The third-order valence-electron chi connectivity index (χ3n) is 4.39. The maximum absolute atomic E-state index is 5.77. The number of anilines is 1. The van der Waals surface area contributed by atoms with Crippen molar-refractivity contribution in [2.75, 3.05) is 11.9 Å². The van der Waals surface area contributed by atoms with Crippen molar-refractivity contribution in [1.29, 1.82) is 0 Å². The van der Waals surface area contributed by atoms with E-state index in [0.717, 1.165) is 17.7 Å². The van der Waals surface area contributed by atoms with E-state index in [2.05, 4.69) is 22.1 Å². The molecule has 1 aromatic rings. The summed E-state index contributed by atoms with van der Waals surface area (Å²) in [6, 6.07) is 4.42. The molecule has 2 fully saturated rings. The van der Waals surface area contributed by atoms with Gasteiger partial charge in [0.15, 0.2) is 11.0 Å². The highest BCUT2D eigenvalue weighted by Gasteiger charge is 2.35. The lowest BCUT2D eigenvalue weighted by Crippen LogP contribution is -2.37. The van der Waals surface area contributed by atoms with E-state index in [-0.39, 0.29) is 0 Å². The van der Waals surface area contributed by atoms with Gasteiger partial charge >= 0.3 is 0 Å². The van der Waals surface area contributed by atoms with Crippen molar-refractivity contribution >= 4 is 17.4 Å². The molecule has 0 radical (unpaired) electrons. The second kappa shape index (κ2) is 4.45. The van der Waals surface area contributed by atoms with Crippen LogP contribution in [-0.2, 0) is 0 Å². The number of aromatic nitrogens is 2. The topological polar surface area (TPSA) is 29.0 Å². The van der Waals surface area contributed by atoms with Gasteiger partial charge < -0.3 is 4.90 Å². The van der Waals surface area contributed by atoms with Crippen LogP contribution in [0.1, 0.15) is 32.1 Å². The molecule has 0 N–H and O–H groups in total. The second-order valence-electron chi connectivity index (χ2n) is 5.50. The maximum Gasteiger partial charge on any atom is 0.151 e. The number of hydrogen-bond donors (Lipinski definition) is 0. The monoisotopic (exact) mass is 251 g/mol. The minimum Gasteiger partial charge on any atom is -0.355 e. The summed E-state index contributed by atoms with van der Waals surface area (Å²) in [5.74, 6) is 2.84. The Morgan fingerprint density at radius 1 is 1.12 bits per heavy atom. The zero-order valence-electron chi connectivity index (χ0n) is 10.1. The summed E-state index contributed by atoms with van der Waals surface area (Å²) in [5, 5.41) is 8.55. The molecule has 17 heavy (non-hydrogen) atoms. The lowest BCUT2D eigenvalue weighted by molar-refractivity contribution is 0.312. The van der Waals surface area contributed by atoms with Crippen molar-refractivity contribution in [2.24, 2.45) is 11.8 Å². The molecule has 2 aliphatic carbocycles. The normalized spacial score (nSPS) is 31.5. The SMILES string of the molecule is CN(c1ccc(Cl)nn1)[C@H]1C[C@@H]2CC[C@@H](C2)C1. The van der Waals surface area contributed by atoms with Gasteiger partial charge in [0.1, 0.15) is 0 Å². The number of nitrogens with zero attached hydrogens (tertiary/aromatic N) is 3. The molecule has 2 aliphatic rings. The Hall–Kier alpha value is -0.830. The Bertz CT molecular complexity index is 380. The van der Waals surface area contributed by atoms with Crippen LogP contribution >= 0.6 is 11.6 Å². The lowest BCUT2D eigenvalue weighted by atomic mass is 9.85. The fraction of sp³-hybridized carbons (Fsp3) is 0.692. The molecular formula is C13H18ClN3. The summed E-state index contributed by atoms with van der Waals surface area (Å²) in [6.07, 6.45) is 6.95. The van der Waals surface area contributed by atoms with E-state index in [9.17, 15) is 0 Å². The molecule has 3 rings (SSSR count). The summed E-state index contributed by atoms with van der Waals surface area (Å²) in [5.41, 5.74) is 0. The molecule has 0 spiro atoms. The van der Waals surface area contributed by atoms with E-state index in [4.69, 9.17) is 11.6 Å².